The molecule has 0 spiro atoms. The fraction of sp³-hybridized carbons (Fsp3) is 0.222. The molecule has 0 saturated heterocycles. The number of rotatable bonds is 3. The van der Waals surface area contributed by atoms with E-state index in [9.17, 15) is 0 Å². The topological polar surface area (TPSA) is 43.6 Å². The van der Waals surface area contributed by atoms with E-state index in [0.717, 1.165) is 17.3 Å². The van der Waals surface area contributed by atoms with Crippen LogP contribution in [0, 0.1) is 0 Å². The molecule has 5 heteroatoms. The van der Waals surface area contributed by atoms with Crippen molar-refractivity contribution in [2.24, 2.45) is 0 Å². The third-order valence-electron chi connectivity index (χ3n) is 1.81. The van der Waals surface area contributed by atoms with E-state index >= 15 is 0 Å². The predicted octanol–water partition coefficient (Wildman–Crippen LogP) is 1.53. The highest BCUT2D eigenvalue weighted by Crippen LogP contribution is 2.10. The maximum absolute atomic E-state index is 3.96. The molecule has 0 fully saturated rings. The minimum absolute atomic E-state index is 0.821. The number of tetrazole rings is 1. The molecule has 72 valence electrons. The van der Waals surface area contributed by atoms with Gasteiger partial charge in [0.25, 0.3) is 0 Å². The highest BCUT2D eigenvalue weighted by Gasteiger charge is 2.05. The molecule has 0 radical (unpaired) electrons. The fourth-order valence-electron chi connectivity index (χ4n) is 1.19. The van der Waals surface area contributed by atoms with Crippen molar-refractivity contribution in [1.29, 1.82) is 0 Å². The van der Waals surface area contributed by atoms with Crippen LogP contribution in [0.5, 0.6) is 0 Å². The summed E-state index contributed by atoms with van der Waals surface area (Å²) in [5, 5.41) is 11.6. The van der Waals surface area contributed by atoms with Crippen LogP contribution < -0.4 is 0 Å². The Morgan fingerprint density at radius 2 is 2.07 bits per heavy atom. The molecular weight excluding hydrogens is 196 g/mol. The summed E-state index contributed by atoms with van der Waals surface area (Å²) in [5.41, 5.74) is 1.00. The largest absolute Gasteiger partial charge is 0.196 e. The number of thioether (sulfide) groups is 1. The molecule has 0 aliphatic carbocycles. The van der Waals surface area contributed by atoms with Crippen LogP contribution in [0.25, 0.3) is 5.69 Å². The summed E-state index contributed by atoms with van der Waals surface area (Å²) in [7, 11) is 0. The molecule has 1 aromatic carbocycles. The number of para-hydroxylation sites is 1. The lowest BCUT2D eigenvalue weighted by atomic mass is 10.3. The van der Waals surface area contributed by atoms with E-state index in [0.29, 0.717) is 0 Å². The summed E-state index contributed by atoms with van der Waals surface area (Å²) in [4.78, 5) is 0. The Kier molecular flexibility index (Phi) is 2.78. The van der Waals surface area contributed by atoms with Gasteiger partial charge in [-0.15, -0.1) is 5.10 Å². The van der Waals surface area contributed by atoms with Crippen LogP contribution in [0.3, 0.4) is 0 Å². The third-order valence-corrected chi connectivity index (χ3v) is 2.36. The summed E-state index contributed by atoms with van der Waals surface area (Å²) in [6.07, 6.45) is 2.03. The quantitative estimate of drug-likeness (QED) is 0.763. The Balaban J connectivity index is 2.37. The van der Waals surface area contributed by atoms with Crippen molar-refractivity contribution in [2.45, 2.75) is 5.75 Å². The van der Waals surface area contributed by atoms with Gasteiger partial charge in [0.1, 0.15) is 0 Å². The summed E-state index contributed by atoms with van der Waals surface area (Å²) in [6.45, 7) is 0. The lowest BCUT2D eigenvalue weighted by Gasteiger charge is -2.01. The molecule has 1 aromatic heterocycles. The first kappa shape index (κ1) is 9.21. The molecule has 0 N–H and O–H groups in total. The fourth-order valence-corrected chi connectivity index (χ4v) is 1.63. The molecule has 4 nitrogen and oxygen atoms in total. The van der Waals surface area contributed by atoms with Crippen molar-refractivity contribution in [3.63, 3.8) is 0 Å². The number of nitrogens with zero attached hydrogens (tertiary/aromatic N) is 4. The van der Waals surface area contributed by atoms with E-state index in [1.54, 1.807) is 16.4 Å². The maximum Gasteiger partial charge on any atom is 0.166 e. The Hall–Kier alpha value is -1.36. The van der Waals surface area contributed by atoms with Crippen molar-refractivity contribution in [2.75, 3.05) is 6.26 Å². The number of hydrogen-bond donors (Lipinski definition) is 0. The van der Waals surface area contributed by atoms with E-state index in [2.05, 4.69) is 15.5 Å². The Bertz CT molecular complexity index is 398. The van der Waals surface area contributed by atoms with Gasteiger partial charge in [0, 0.05) is 0 Å². The minimum Gasteiger partial charge on any atom is -0.196 e. The molecule has 0 aliphatic rings. The van der Waals surface area contributed by atoms with Crippen LogP contribution in [-0.2, 0) is 5.75 Å². The van der Waals surface area contributed by atoms with Crippen LogP contribution >= 0.6 is 11.8 Å². The zero-order valence-electron chi connectivity index (χ0n) is 7.79. The molecule has 1 heterocycles. The minimum atomic E-state index is 0.821. The summed E-state index contributed by atoms with van der Waals surface area (Å²) in [6, 6.07) is 9.89. The van der Waals surface area contributed by atoms with Gasteiger partial charge in [-0.1, -0.05) is 18.2 Å². The Morgan fingerprint density at radius 1 is 1.29 bits per heavy atom. The van der Waals surface area contributed by atoms with Gasteiger partial charge in [0.15, 0.2) is 5.82 Å². The molecule has 2 aromatic rings. The third kappa shape index (κ3) is 1.77. The summed E-state index contributed by atoms with van der Waals surface area (Å²) in [5.74, 6) is 1.70. The first-order chi connectivity index (χ1) is 6.92. The summed E-state index contributed by atoms with van der Waals surface area (Å²) < 4.78 is 1.76. The monoisotopic (exact) mass is 206 g/mol. The average molecular weight is 206 g/mol. The van der Waals surface area contributed by atoms with Crippen LogP contribution in [0.1, 0.15) is 5.82 Å². The molecule has 14 heavy (non-hydrogen) atoms. The standard InChI is InChI=1S/C9H10N4S/c1-14-7-9-10-11-12-13(9)8-5-3-2-4-6-8/h2-6H,7H2,1H3. The molecule has 2 rings (SSSR count). The van der Waals surface area contributed by atoms with E-state index in [4.69, 9.17) is 0 Å². The van der Waals surface area contributed by atoms with Gasteiger partial charge in [-0.25, -0.2) is 0 Å². The van der Waals surface area contributed by atoms with E-state index in [1.807, 2.05) is 36.6 Å². The molecule has 0 bridgehead atoms. The second kappa shape index (κ2) is 4.23. The lowest BCUT2D eigenvalue weighted by molar-refractivity contribution is 0.778. The van der Waals surface area contributed by atoms with Crippen molar-refractivity contribution in [3.8, 4) is 5.69 Å². The van der Waals surface area contributed by atoms with Crippen LogP contribution in [-0.4, -0.2) is 26.5 Å². The second-order valence-corrected chi connectivity index (χ2v) is 3.64. The van der Waals surface area contributed by atoms with Gasteiger partial charge < -0.3 is 0 Å². The van der Waals surface area contributed by atoms with Gasteiger partial charge in [0.2, 0.25) is 0 Å². The van der Waals surface area contributed by atoms with E-state index < -0.39 is 0 Å². The van der Waals surface area contributed by atoms with Crippen molar-refractivity contribution >= 4 is 11.8 Å². The maximum atomic E-state index is 3.96. The van der Waals surface area contributed by atoms with Gasteiger partial charge in [0.05, 0.1) is 11.4 Å². The van der Waals surface area contributed by atoms with E-state index in [-0.39, 0.29) is 0 Å². The molecule has 0 amide bonds. The predicted molar refractivity (Wildman–Crippen MR) is 56.4 cm³/mol. The highest BCUT2D eigenvalue weighted by atomic mass is 32.2. The van der Waals surface area contributed by atoms with Crippen molar-refractivity contribution in [3.05, 3.63) is 36.2 Å². The number of benzene rings is 1. The first-order valence-electron chi connectivity index (χ1n) is 4.23. The van der Waals surface area contributed by atoms with Gasteiger partial charge in [-0.05, 0) is 28.8 Å². The summed E-state index contributed by atoms with van der Waals surface area (Å²) >= 11 is 1.70. The molecular formula is C9H10N4S. The van der Waals surface area contributed by atoms with Gasteiger partial charge >= 0.3 is 0 Å². The number of aromatic nitrogens is 4. The van der Waals surface area contributed by atoms with Crippen LogP contribution in [0.4, 0.5) is 0 Å². The van der Waals surface area contributed by atoms with Gasteiger partial charge in [-0.2, -0.15) is 16.4 Å². The van der Waals surface area contributed by atoms with Crippen LogP contribution in [0.2, 0.25) is 0 Å². The number of hydrogen-bond acceptors (Lipinski definition) is 4. The molecule has 0 saturated carbocycles. The average Bonchev–Trinajstić information content (AvgIpc) is 2.68. The van der Waals surface area contributed by atoms with Gasteiger partial charge in [-0.3, -0.25) is 0 Å². The molecule has 0 aliphatic heterocycles. The zero-order valence-corrected chi connectivity index (χ0v) is 8.61. The van der Waals surface area contributed by atoms with E-state index in [1.165, 1.54) is 0 Å². The molecule has 0 unspecified atom stereocenters. The first-order valence-corrected chi connectivity index (χ1v) is 5.63. The normalized spacial score (nSPS) is 10.4. The second-order valence-electron chi connectivity index (χ2n) is 2.78. The van der Waals surface area contributed by atoms with Crippen molar-refractivity contribution < 1.29 is 0 Å². The Labute approximate surface area is 86.3 Å². The van der Waals surface area contributed by atoms with Crippen LogP contribution in [0.15, 0.2) is 30.3 Å². The molecule has 0 atom stereocenters. The van der Waals surface area contributed by atoms with Crippen molar-refractivity contribution in [1.82, 2.24) is 20.2 Å². The SMILES string of the molecule is CSCc1nnnn1-c1ccccc1. The Morgan fingerprint density at radius 3 is 2.79 bits per heavy atom. The zero-order chi connectivity index (χ0) is 9.80. The smallest absolute Gasteiger partial charge is 0.166 e. The lowest BCUT2D eigenvalue weighted by Crippen LogP contribution is -2.01. The highest BCUT2D eigenvalue weighted by molar-refractivity contribution is 7.97.